The molecule has 1 aromatic carbocycles. The maximum Gasteiger partial charge on any atom is 0.141 e. The van der Waals surface area contributed by atoms with Crippen LogP contribution in [0.15, 0.2) is 30.3 Å². The molecule has 4 heteroatoms. The summed E-state index contributed by atoms with van der Waals surface area (Å²) in [4.78, 5) is 11.9. The maximum atomic E-state index is 6.52. The summed E-state index contributed by atoms with van der Waals surface area (Å²) in [5, 5.41) is 1.75. The van der Waals surface area contributed by atoms with Crippen molar-refractivity contribution in [3.8, 4) is 0 Å². The topological polar surface area (TPSA) is 25.8 Å². The van der Waals surface area contributed by atoms with Crippen LogP contribution < -0.4 is 0 Å². The molecule has 2 heterocycles. The van der Waals surface area contributed by atoms with Gasteiger partial charge in [0.05, 0.1) is 5.39 Å². The van der Waals surface area contributed by atoms with E-state index in [9.17, 15) is 0 Å². The number of aryl methyl sites for hydroxylation is 2. The summed E-state index contributed by atoms with van der Waals surface area (Å²) in [5.41, 5.74) is 2.63. The number of halogens is 1. The fourth-order valence-corrected chi connectivity index (χ4v) is 4.83. The van der Waals surface area contributed by atoms with Gasteiger partial charge in [0.25, 0.3) is 0 Å². The lowest BCUT2D eigenvalue weighted by molar-refractivity contribution is 0.713. The van der Waals surface area contributed by atoms with Crippen molar-refractivity contribution in [2.24, 2.45) is 0 Å². The molecule has 2 nitrogen and oxygen atoms in total. The van der Waals surface area contributed by atoms with Gasteiger partial charge in [0.15, 0.2) is 0 Å². The molecule has 0 radical (unpaired) electrons. The molecule has 1 aliphatic carbocycles. The van der Waals surface area contributed by atoms with Crippen molar-refractivity contribution in [1.29, 1.82) is 0 Å². The molecule has 3 aromatic rings. The molecule has 0 atom stereocenters. The lowest BCUT2D eigenvalue weighted by Gasteiger charge is -2.04. The first-order valence-electron chi connectivity index (χ1n) is 7.82. The zero-order valence-electron chi connectivity index (χ0n) is 12.3. The van der Waals surface area contributed by atoms with Gasteiger partial charge in [-0.3, -0.25) is 0 Å². The molecule has 22 heavy (non-hydrogen) atoms. The van der Waals surface area contributed by atoms with E-state index >= 15 is 0 Å². The zero-order valence-corrected chi connectivity index (χ0v) is 13.9. The van der Waals surface area contributed by atoms with Crippen molar-refractivity contribution in [1.82, 2.24) is 9.97 Å². The van der Waals surface area contributed by atoms with E-state index in [0.29, 0.717) is 5.15 Å². The van der Waals surface area contributed by atoms with Crippen LogP contribution in [0.5, 0.6) is 0 Å². The minimum Gasteiger partial charge on any atom is -0.222 e. The average molecular weight is 329 g/mol. The fourth-order valence-electron chi connectivity index (χ4n) is 3.19. The number of fused-ring (bicyclic) bond motifs is 3. The molecule has 1 aliphatic rings. The highest BCUT2D eigenvalue weighted by Gasteiger charge is 2.19. The highest BCUT2D eigenvalue weighted by molar-refractivity contribution is 7.19. The van der Waals surface area contributed by atoms with E-state index in [1.807, 2.05) is 29.5 Å². The summed E-state index contributed by atoms with van der Waals surface area (Å²) in [6.45, 7) is 0. The Morgan fingerprint density at radius 2 is 1.82 bits per heavy atom. The first-order chi connectivity index (χ1) is 10.8. The van der Waals surface area contributed by atoms with Crippen LogP contribution >= 0.6 is 22.9 Å². The van der Waals surface area contributed by atoms with E-state index in [1.54, 1.807) is 0 Å². The Balaban J connectivity index is 1.77. The summed E-state index contributed by atoms with van der Waals surface area (Å²) >= 11 is 8.33. The molecule has 0 spiro atoms. The molecule has 0 amide bonds. The lowest BCUT2D eigenvalue weighted by Crippen LogP contribution is -1.97. The Kier molecular flexibility index (Phi) is 3.85. The van der Waals surface area contributed by atoms with E-state index in [4.69, 9.17) is 16.6 Å². The molecular weight excluding hydrogens is 312 g/mol. The van der Waals surface area contributed by atoms with Crippen molar-refractivity contribution in [3.05, 3.63) is 57.3 Å². The number of thiophene rings is 1. The lowest BCUT2D eigenvalue weighted by atomic mass is 10.1. The second kappa shape index (κ2) is 5.98. The van der Waals surface area contributed by atoms with Gasteiger partial charge in [-0.1, -0.05) is 48.4 Å². The van der Waals surface area contributed by atoms with Crippen LogP contribution in [0.4, 0.5) is 0 Å². The second-order valence-electron chi connectivity index (χ2n) is 5.84. The minimum absolute atomic E-state index is 0.635. The predicted octanol–water partition coefficient (Wildman–Crippen LogP) is 5.20. The Bertz CT molecular complexity index is 811. The summed E-state index contributed by atoms with van der Waals surface area (Å²) in [6.07, 6.45) is 6.87. The van der Waals surface area contributed by atoms with Crippen molar-refractivity contribution in [2.75, 3.05) is 0 Å². The van der Waals surface area contributed by atoms with Crippen molar-refractivity contribution >= 4 is 33.2 Å². The highest BCUT2D eigenvalue weighted by Crippen LogP contribution is 2.37. The van der Waals surface area contributed by atoms with Crippen molar-refractivity contribution in [2.45, 2.75) is 38.5 Å². The Hall–Kier alpha value is -1.45. The third-order valence-electron chi connectivity index (χ3n) is 4.27. The van der Waals surface area contributed by atoms with E-state index < -0.39 is 0 Å². The predicted molar refractivity (Wildman–Crippen MR) is 92.9 cm³/mol. The monoisotopic (exact) mass is 328 g/mol. The van der Waals surface area contributed by atoms with Gasteiger partial charge in [-0.2, -0.15) is 0 Å². The summed E-state index contributed by atoms with van der Waals surface area (Å²) in [7, 11) is 0. The Morgan fingerprint density at radius 3 is 2.68 bits per heavy atom. The quantitative estimate of drug-likeness (QED) is 0.477. The molecular formula is C18H17ClN2S. The van der Waals surface area contributed by atoms with Crippen LogP contribution in [-0.4, -0.2) is 9.97 Å². The average Bonchev–Trinajstić information content (AvgIpc) is 2.71. The summed E-state index contributed by atoms with van der Waals surface area (Å²) in [5.74, 6) is 0.820. The molecule has 0 N–H and O–H groups in total. The molecule has 4 rings (SSSR count). The zero-order chi connectivity index (χ0) is 14.9. The van der Waals surface area contributed by atoms with E-state index in [1.165, 1.54) is 41.7 Å². The number of benzene rings is 1. The van der Waals surface area contributed by atoms with Gasteiger partial charge in [-0.05, 0) is 36.8 Å². The smallest absolute Gasteiger partial charge is 0.141 e. The van der Waals surface area contributed by atoms with Gasteiger partial charge in [0.1, 0.15) is 15.8 Å². The Labute approximate surface area is 139 Å². The second-order valence-corrected chi connectivity index (χ2v) is 7.28. The summed E-state index contributed by atoms with van der Waals surface area (Å²) in [6, 6.07) is 10.3. The van der Waals surface area contributed by atoms with E-state index in [2.05, 4.69) is 17.1 Å². The third kappa shape index (κ3) is 2.64. The van der Waals surface area contributed by atoms with Crippen molar-refractivity contribution in [3.63, 3.8) is 0 Å². The normalized spacial score (nSPS) is 14.8. The highest BCUT2D eigenvalue weighted by atomic mass is 35.5. The largest absolute Gasteiger partial charge is 0.222 e. The molecule has 0 bridgehead atoms. The molecule has 0 aliphatic heterocycles. The number of hydrogen-bond donors (Lipinski definition) is 0. The van der Waals surface area contributed by atoms with Crippen LogP contribution in [0.25, 0.3) is 10.2 Å². The van der Waals surface area contributed by atoms with Crippen LogP contribution in [0.3, 0.4) is 0 Å². The van der Waals surface area contributed by atoms with Gasteiger partial charge in [0.2, 0.25) is 0 Å². The first kappa shape index (κ1) is 14.2. The summed E-state index contributed by atoms with van der Waals surface area (Å²) < 4.78 is 0. The fraction of sp³-hybridized carbons (Fsp3) is 0.333. The van der Waals surface area contributed by atoms with Gasteiger partial charge in [0, 0.05) is 11.3 Å². The molecule has 0 saturated heterocycles. The van der Waals surface area contributed by atoms with Crippen molar-refractivity contribution < 1.29 is 0 Å². The van der Waals surface area contributed by atoms with E-state index in [-0.39, 0.29) is 0 Å². The molecule has 0 saturated carbocycles. The molecule has 0 unspecified atom stereocenters. The SMILES string of the molecule is Clc1nc(Cc2ccccc2)nc2sc3c(c12)CCCCC3. The van der Waals surface area contributed by atoms with Gasteiger partial charge < -0.3 is 0 Å². The minimum atomic E-state index is 0.635. The molecule has 2 aromatic heterocycles. The molecule has 112 valence electrons. The first-order valence-corrected chi connectivity index (χ1v) is 9.01. The van der Waals surface area contributed by atoms with Crippen LogP contribution in [0.1, 0.15) is 41.1 Å². The van der Waals surface area contributed by atoms with Gasteiger partial charge >= 0.3 is 0 Å². The van der Waals surface area contributed by atoms with Crippen LogP contribution in [0, 0.1) is 0 Å². The number of nitrogens with zero attached hydrogens (tertiary/aromatic N) is 2. The standard InChI is InChI=1S/C18H17ClN2S/c19-17-16-13-9-5-2-6-10-14(13)22-18(16)21-15(20-17)11-12-7-3-1-4-8-12/h1,3-4,7-8H,2,5-6,9-11H2. The van der Waals surface area contributed by atoms with Crippen LogP contribution in [0.2, 0.25) is 5.15 Å². The number of rotatable bonds is 2. The van der Waals surface area contributed by atoms with Gasteiger partial charge in [-0.25, -0.2) is 9.97 Å². The molecule has 0 fully saturated rings. The van der Waals surface area contributed by atoms with Crippen LogP contribution in [-0.2, 0) is 19.3 Å². The van der Waals surface area contributed by atoms with Gasteiger partial charge in [-0.15, -0.1) is 11.3 Å². The Morgan fingerprint density at radius 1 is 1.00 bits per heavy atom. The van der Waals surface area contributed by atoms with E-state index in [0.717, 1.165) is 28.9 Å². The number of aromatic nitrogens is 2. The maximum absolute atomic E-state index is 6.52. The number of hydrogen-bond acceptors (Lipinski definition) is 3. The third-order valence-corrected chi connectivity index (χ3v) is 5.73.